The lowest BCUT2D eigenvalue weighted by atomic mass is 10.2. The standard InChI is InChI=1S/C26H22BrClFN5O3S/c1-2-37-20-10-8-19(9-11-20)34-23(14-30-25(36)21-13-16(27)3-12-22(21)28)32-33-26(34)38-15-24(35)31-18-6-4-17(29)5-7-18/h3-13H,2,14-15H2,1H3,(H,30,36)(H,31,35). The van der Waals surface area contributed by atoms with E-state index in [-0.39, 0.29) is 29.9 Å². The Kier molecular flexibility index (Phi) is 9.38. The third kappa shape index (κ3) is 7.12. The second-order valence-corrected chi connectivity index (χ2v) is 10.1. The van der Waals surface area contributed by atoms with Gasteiger partial charge in [-0.2, -0.15) is 0 Å². The Bertz CT molecular complexity index is 1430. The van der Waals surface area contributed by atoms with Crippen molar-refractivity contribution < 1.29 is 18.7 Å². The van der Waals surface area contributed by atoms with Crippen LogP contribution < -0.4 is 15.4 Å². The second-order valence-electron chi connectivity index (χ2n) is 7.81. The molecule has 4 rings (SSSR count). The highest BCUT2D eigenvalue weighted by Gasteiger charge is 2.18. The normalized spacial score (nSPS) is 10.7. The number of amides is 2. The van der Waals surface area contributed by atoms with Crippen molar-refractivity contribution >= 4 is 56.8 Å². The van der Waals surface area contributed by atoms with Crippen molar-refractivity contribution in [2.24, 2.45) is 0 Å². The van der Waals surface area contributed by atoms with E-state index in [0.717, 1.165) is 10.2 Å². The average Bonchev–Trinajstić information content (AvgIpc) is 3.32. The summed E-state index contributed by atoms with van der Waals surface area (Å²) in [6.07, 6.45) is 0. The molecule has 0 unspecified atom stereocenters. The first-order chi connectivity index (χ1) is 18.3. The Morgan fingerprint density at radius 1 is 1.08 bits per heavy atom. The van der Waals surface area contributed by atoms with E-state index in [9.17, 15) is 14.0 Å². The number of hydrogen-bond acceptors (Lipinski definition) is 6. The van der Waals surface area contributed by atoms with Crippen LogP contribution in [0.3, 0.4) is 0 Å². The number of aromatic nitrogens is 3. The molecule has 1 heterocycles. The minimum absolute atomic E-state index is 0.0343. The van der Waals surface area contributed by atoms with Crippen LogP contribution in [0.15, 0.2) is 76.4 Å². The third-order valence-electron chi connectivity index (χ3n) is 5.15. The van der Waals surface area contributed by atoms with Crippen LogP contribution in [0.5, 0.6) is 5.75 Å². The maximum absolute atomic E-state index is 13.1. The number of rotatable bonds is 10. The number of anilines is 1. The van der Waals surface area contributed by atoms with Gasteiger partial charge in [0.2, 0.25) is 5.91 Å². The first-order valence-corrected chi connectivity index (χ1v) is 13.6. The molecule has 4 aromatic rings. The molecule has 0 saturated heterocycles. The van der Waals surface area contributed by atoms with Gasteiger partial charge in [0.05, 0.1) is 29.5 Å². The fourth-order valence-corrected chi connectivity index (χ4v) is 4.75. The highest BCUT2D eigenvalue weighted by molar-refractivity contribution is 9.10. The van der Waals surface area contributed by atoms with Crippen molar-refractivity contribution in [1.29, 1.82) is 0 Å². The summed E-state index contributed by atoms with van der Waals surface area (Å²) in [5.41, 5.74) is 1.53. The van der Waals surface area contributed by atoms with Gasteiger partial charge < -0.3 is 15.4 Å². The predicted octanol–water partition coefficient (Wildman–Crippen LogP) is 5.88. The van der Waals surface area contributed by atoms with E-state index < -0.39 is 0 Å². The Balaban J connectivity index is 1.53. The predicted molar refractivity (Wildman–Crippen MR) is 149 cm³/mol. The van der Waals surface area contributed by atoms with Crippen molar-refractivity contribution in [3.05, 3.63) is 93.4 Å². The van der Waals surface area contributed by atoms with Crippen LogP contribution in [-0.4, -0.2) is 38.9 Å². The fourth-order valence-electron chi connectivity index (χ4n) is 3.41. The summed E-state index contributed by atoms with van der Waals surface area (Å²) in [4.78, 5) is 25.3. The van der Waals surface area contributed by atoms with E-state index in [4.69, 9.17) is 16.3 Å². The Morgan fingerprint density at radius 2 is 1.82 bits per heavy atom. The molecule has 2 amide bonds. The number of nitrogens with zero attached hydrogens (tertiary/aromatic N) is 3. The summed E-state index contributed by atoms with van der Waals surface area (Å²) >= 11 is 10.7. The number of halogens is 3. The van der Waals surface area contributed by atoms with Gasteiger partial charge in [-0.25, -0.2) is 4.39 Å². The van der Waals surface area contributed by atoms with Crippen LogP contribution in [0, 0.1) is 5.82 Å². The molecule has 38 heavy (non-hydrogen) atoms. The lowest BCUT2D eigenvalue weighted by Gasteiger charge is -2.12. The number of carbonyl (C=O) groups excluding carboxylic acids is 2. The van der Waals surface area contributed by atoms with Gasteiger partial charge >= 0.3 is 0 Å². The summed E-state index contributed by atoms with van der Waals surface area (Å²) in [6.45, 7) is 2.49. The summed E-state index contributed by atoms with van der Waals surface area (Å²) in [5.74, 6) is 0.147. The maximum atomic E-state index is 13.1. The molecule has 12 heteroatoms. The molecule has 1 aromatic heterocycles. The van der Waals surface area contributed by atoms with E-state index in [2.05, 4.69) is 36.8 Å². The van der Waals surface area contributed by atoms with E-state index in [1.807, 2.05) is 31.2 Å². The van der Waals surface area contributed by atoms with Gasteiger partial charge in [0.25, 0.3) is 5.91 Å². The van der Waals surface area contributed by atoms with Gasteiger partial charge in [-0.15, -0.1) is 10.2 Å². The third-order valence-corrected chi connectivity index (χ3v) is 6.90. The minimum Gasteiger partial charge on any atom is -0.494 e. The van der Waals surface area contributed by atoms with Crippen LogP contribution in [-0.2, 0) is 11.3 Å². The Labute approximate surface area is 236 Å². The molecule has 0 bridgehead atoms. The first-order valence-electron chi connectivity index (χ1n) is 11.4. The number of ether oxygens (including phenoxy) is 1. The molecule has 8 nitrogen and oxygen atoms in total. The zero-order valence-corrected chi connectivity index (χ0v) is 23.2. The summed E-state index contributed by atoms with van der Waals surface area (Å²) in [5, 5.41) is 14.8. The SMILES string of the molecule is CCOc1ccc(-n2c(CNC(=O)c3cc(Br)ccc3Cl)nnc2SCC(=O)Nc2ccc(F)cc2)cc1. The number of hydrogen-bond donors (Lipinski definition) is 2. The lowest BCUT2D eigenvalue weighted by Crippen LogP contribution is -2.25. The Morgan fingerprint density at radius 3 is 2.53 bits per heavy atom. The van der Waals surface area contributed by atoms with Crippen LogP contribution in [0.25, 0.3) is 5.69 Å². The molecule has 0 radical (unpaired) electrons. The smallest absolute Gasteiger partial charge is 0.253 e. The molecular weight excluding hydrogens is 597 g/mol. The zero-order valence-electron chi connectivity index (χ0n) is 20.1. The quantitative estimate of drug-likeness (QED) is 0.216. The van der Waals surface area contributed by atoms with Crippen molar-refractivity contribution in [3.8, 4) is 11.4 Å². The molecule has 0 spiro atoms. The monoisotopic (exact) mass is 617 g/mol. The number of nitrogens with one attached hydrogen (secondary N) is 2. The molecule has 0 aliphatic carbocycles. The van der Waals surface area contributed by atoms with E-state index in [1.54, 1.807) is 22.8 Å². The molecule has 0 aliphatic rings. The van der Waals surface area contributed by atoms with Crippen LogP contribution >= 0.6 is 39.3 Å². The minimum atomic E-state index is -0.386. The molecule has 196 valence electrons. The van der Waals surface area contributed by atoms with Crippen molar-refractivity contribution in [3.63, 3.8) is 0 Å². The van der Waals surface area contributed by atoms with Gasteiger partial charge in [0.1, 0.15) is 11.6 Å². The first kappa shape index (κ1) is 27.6. The van der Waals surface area contributed by atoms with Crippen molar-refractivity contribution in [2.75, 3.05) is 17.7 Å². The molecule has 2 N–H and O–H groups in total. The van der Waals surface area contributed by atoms with Gasteiger partial charge in [-0.3, -0.25) is 14.2 Å². The molecule has 0 fully saturated rings. The van der Waals surface area contributed by atoms with E-state index in [1.165, 1.54) is 36.0 Å². The molecular formula is C26H22BrClFN5O3S. The van der Waals surface area contributed by atoms with Crippen LogP contribution in [0.1, 0.15) is 23.1 Å². The number of thioether (sulfide) groups is 1. The summed E-state index contributed by atoms with van der Waals surface area (Å²) in [7, 11) is 0. The Hall–Kier alpha value is -3.41. The largest absolute Gasteiger partial charge is 0.494 e. The van der Waals surface area contributed by atoms with Crippen molar-refractivity contribution in [1.82, 2.24) is 20.1 Å². The van der Waals surface area contributed by atoms with Crippen LogP contribution in [0.4, 0.5) is 10.1 Å². The maximum Gasteiger partial charge on any atom is 0.253 e. The molecule has 0 aliphatic heterocycles. The highest BCUT2D eigenvalue weighted by Crippen LogP contribution is 2.25. The second kappa shape index (κ2) is 12.9. The lowest BCUT2D eigenvalue weighted by molar-refractivity contribution is -0.113. The topological polar surface area (TPSA) is 98.1 Å². The van der Waals surface area contributed by atoms with Gasteiger partial charge in [0.15, 0.2) is 11.0 Å². The fraction of sp³-hybridized carbons (Fsp3) is 0.154. The van der Waals surface area contributed by atoms with Crippen molar-refractivity contribution in [2.45, 2.75) is 18.6 Å². The summed E-state index contributed by atoms with van der Waals surface area (Å²) in [6, 6.07) is 17.8. The number of benzene rings is 3. The zero-order chi connectivity index (χ0) is 27.1. The van der Waals surface area contributed by atoms with E-state index >= 15 is 0 Å². The number of carbonyl (C=O) groups is 2. The average molecular weight is 619 g/mol. The van der Waals surface area contributed by atoms with E-state index in [0.29, 0.717) is 39.6 Å². The van der Waals surface area contributed by atoms with Gasteiger partial charge in [0, 0.05) is 15.8 Å². The molecule has 3 aromatic carbocycles. The highest BCUT2D eigenvalue weighted by atomic mass is 79.9. The van der Waals surface area contributed by atoms with Gasteiger partial charge in [-0.1, -0.05) is 39.3 Å². The summed E-state index contributed by atoms with van der Waals surface area (Å²) < 4.78 is 21.2. The van der Waals surface area contributed by atoms with Gasteiger partial charge in [-0.05, 0) is 73.7 Å². The molecule has 0 saturated carbocycles. The molecule has 0 atom stereocenters. The van der Waals surface area contributed by atoms with Crippen LogP contribution in [0.2, 0.25) is 5.02 Å².